The van der Waals surface area contributed by atoms with Gasteiger partial charge in [0, 0.05) is 12.0 Å². The zero-order chi connectivity index (χ0) is 16.4. The molecule has 118 valence electrons. The molecule has 2 heterocycles. The number of nitrogens with zero attached hydrogens (tertiary/aromatic N) is 1. The highest BCUT2D eigenvalue weighted by atomic mass is 16.3. The van der Waals surface area contributed by atoms with Crippen LogP contribution < -0.4 is 5.32 Å². The highest BCUT2D eigenvalue weighted by Crippen LogP contribution is 2.28. The van der Waals surface area contributed by atoms with E-state index in [-0.39, 0.29) is 29.2 Å². The largest absolute Gasteiger partial charge is 0.510 e. The first kappa shape index (κ1) is 15.9. The molecular weight excluding hydrogens is 292 g/mol. The van der Waals surface area contributed by atoms with Crippen LogP contribution in [-0.4, -0.2) is 57.2 Å². The molecule has 0 radical (unpaired) electrons. The maximum absolute atomic E-state index is 12.4. The van der Waals surface area contributed by atoms with Gasteiger partial charge in [0.05, 0.1) is 23.9 Å². The molecule has 0 spiro atoms. The van der Waals surface area contributed by atoms with Crippen LogP contribution >= 0.6 is 0 Å². The maximum atomic E-state index is 12.4. The summed E-state index contributed by atoms with van der Waals surface area (Å²) in [6.45, 7) is 0.309. The van der Waals surface area contributed by atoms with Crippen molar-refractivity contribution in [1.82, 2.24) is 10.2 Å². The van der Waals surface area contributed by atoms with Crippen molar-refractivity contribution in [3.63, 3.8) is 0 Å². The van der Waals surface area contributed by atoms with E-state index in [2.05, 4.69) is 5.32 Å². The quantitative estimate of drug-likeness (QED) is 0.384. The zero-order valence-corrected chi connectivity index (χ0v) is 11.9. The van der Waals surface area contributed by atoms with Crippen LogP contribution in [0.1, 0.15) is 13.3 Å². The highest BCUT2D eigenvalue weighted by molar-refractivity contribution is 6.21. The molecule has 22 heavy (non-hydrogen) atoms. The first-order chi connectivity index (χ1) is 10.4. The average Bonchev–Trinajstić information content (AvgIpc) is 2.71. The van der Waals surface area contributed by atoms with Gasteiger partial charge >= 0.3 is 0 Å². The molecule has 3 amide bonds. The molecule has 0 aromatic heterocycles. The number of aliphatic hydroxyl groups excluding tert-OH is 3. The Bertz CT molecular complexity index is 631. The topological polar surface area (TPSA) is 127 Å². The molecule has 2 rings (SSSR count). The Hall–Kier alpha value is -2.45. The van der Waals surface area contributed by atoms with Gasteiger partial charge < -0.3 is 20.6 Å². The molecule has 1 unspecified atom stereocenters. The van der Waals surface area contributed by atoms with Crippen molar-refractivity contribution < 1.29 is 29.7 Å². The summed E-state index contributed by atoms with van der Waals surface area (Å²) in [7, 11) is 0. The van der Waals surface area contributed by atoms with E-state index < -0.39 is 36.8 Å². The van der Waals surface area contributed by atoms with Crippen LogP contribution in [0.25, 0.3) is 0 Å². The molecule has 0 saturated carbocycles. The minimum absolute atomic E-state index is 0.00496. The van der Waals surface area contributed by atoms with Crippen molar-refractivity contribution in [2.75, 3.05) is 13.2 Å². The summed E-state index contributed by atoms with van der Waals surface area (Å²) < 4.78 is 0. The summed E-state index contributed by atoms with van der Waals surface area (Å²) >= 11 is 0. The number of imide groups is 1. The summed E-state index contributed by atoms with van der Waals surface area (Å²) in [5, 5.41) is 30.0. The first-order valence-corrected chi connectivity index (χ1v) is 6.61. The number of hydrogen-bond donors (Lipinski definition) is 4. The van der Waals surface area contributed by atoms with Gasteiger partial charge in [-0.1, -0.05) is 6.08 Å². The van der Waals surface area contributed by atoms with Gasteiger partial charge in [-0.25, -0.2) is 4.90 Å². The van der Waals surface area contributed by atoms with Gasteiger partial charge in [-0.3, -0.25) is 14.4 Å². The lowest BCUT2D eigenvalue weighted by atomic mass is 10.1. The van der Waals surface area contributed by atoms with E-state index >= 15 is 0 Å². The third kappa shape index (κ3) is 2.66. The lowest BCUT2D eigenvalue weighted by Crippen LogP contribution is -2.48. The molecule has 0 aromatic carbocycles. The molecule has 8 nitrogen and oxygen atoms in total. The third-order valence-electron chi connectivity index (χ3n) is 3.46. The maximum Gasteiger partial charge on any atom is 0.265 e. The number of nitrogens with one attached hydrogen (secondary N) is 1. The minimum Gasteiger partial charge on any atom is -0.510 e. The predicted molar refractivity (Wildman–Crippen MR) is 74.1 cm³/mol. The summed E-state index contributed by atoms with van der Waals surface area (Å²) in [5.74, 6) is -2.03. The van der Waals surface area contributed by atoms with E-state index in [1.807, 2.05) is 0 Å². The molecule has 0 saturated heterocycles. The van der Waals surface area contributed by atoms with Crippen molar-refractivity contribution in [3.05, 3.63) is 34.8 Å². The van der Waals surface area contributed by atoms with Crippen molar-refractivity contribution in [1.29, 1.82) is 0 Å². The Morgan fingerprint density at radius 2 is 2.05 bits per heavy atom. The van der Waals surface area contributed by atoms with Crippen LogP contribution in [0.2, 0.25) is 0 Å². The van der Waals surface area contributed by atoms with Gasteiger partial charge in [-0.2, -0.15) is 0 Å². The van der Waals surface area contributed by atoms with Gasteiger partial charge in [0.25, 0.3) is 11.8 Å². The molecule has 8 heteroatoms. The second-order valence-electron chi connectivity index (χ2n) is 4.91. The Kier molecular flexibility index (Phi) is 4.43. The minimum atomic E-state index is -0.850. The van der Waals surface area contributed by atoms with Gasteiger partial charge in [0.2, 0.25) is 5.91 Å². The third-order valence-corrected chi connectivity index (χ3v) is 3.46. The highest BCUT2D eigenvalue weighted by Gasteiger charge is 2.40. The van der Waals surface area contributed by atoms with Crippen molar-refractivity contribution in [2.24, 2.45) is 0 Å². The van der Waals surface area contributed by atoms with Crippen LogP contribution in [0.5, 0.6) is 0 Å². The molecule has 2 aliphatic rings. The molecule has 0 fully saturated rings. The molecule has 2 aliphatic heterocycles. The number of carbonyl (C=O) groups excluding carboxylic acids is 3. The fourth-order valence-corrected chi connectivity index (χ4v) is 2.33. The van der Waals surface area contributed by atoms with Crippen LogP contribution in [0.15, 0.2) is 34.8 Å². The van der Waals surface area contributed by atoms with Crippen LogP contribution in [-0.2, 0) is 14.4 Å². The number of rotatable bonds is 4. The Labute approximate surface area is 126 Å². The second-order valence-corrected chi connectivity index (χ2v) is 4.91. The Balaban J connectivity index is 2.38. The van der Waals surface area contributed by atoms with E-state index in [1.165, 1.54) is 13.0 Å². The first-order valence-electron chi connectivity index (χ1n) is 6.61. The lowest BCUT2D eigenvalue weighted by molar-refractivity contribution is -0.136. The molecule has 0 aliphatic carbocycles. The van der Waals surface area contributed by atoms with Crippen LogP contribution in [0.3, 0.4) is 0 Å². The predicted octanol–water partition coefficient (Wildman–Crippen LogP) is -1.13. The van der Waals surface area contributed by atoms with E-state index in [4.69, 9.17) is 5.11 Å². The summed E-state index contributed by atoms with van der Waals surface area (Å²) in [5.41, 5.74) is 0.272. The fraction of sp³-hybridized carbons (Fsp3) is 0.357. The lowest BCUT2D eigenvalue weighted by Gasteiger charge is -2.29. The fourth-order valence-electron chi connectivity index (χ4n) is 2.33. The number of aliphatic hydroxyl groups is 3. The SMILES string of the molecule is CC1=C(/C=C(/O)CO)C(=O)N(C2=CCC(=O)NC2CO)C1=O. The zero-order valence-electron chi connectivity index (χ0n) is 11.9. The van der Waals surface area contributed by atoms with E-state index in [0.29, 0.717) is 0 Å². The van der Waals surface area contributed by atoms with Gasteiger partial charge in [-0.05, 0) is 13.0 Å². The van der Waals surface area contributed by atoms with Crippen molar-refractivity contribution in [3.8, 4) is 0 Å². The van der Waals surface area contributed by atoms with E-state index in [1.54, 1.807) is 0 Å². The van der Waals surface area contributed by atoms with E-state index in [9.17, 15) is 24.6 Å². The molecule has 4 N–H and O–H groups in total. The number of carbonyl (C=O) groups is 3. The summed E-state index contributed by atoms with van der Waals surface area (Å²) in [6.07, 6.45) is 2.45. The standard InChI is InChI=1S/C14H16N2O6/c1-7-9(4-8(19)5-17)14(22)16(13(7)21)11-2-3-12(20)15-10(11)6-18/h2,4,10,17-19H,3,5-6H2,1H3,(H,15,20)/b8-4+. The average molecular weight is 308 g/mol. The molecular formula is C14H16N2O6. The molecule has 1 atom stereocenters. The van der Waals surface area contributed by atoms with Gasteiger partial charge in [-0.15, -0.1) is 0 Å². The number of hydrogen-bond acceptors (Lipinski definition) is 6. The van der Waals surface area contributed by atoms with Crippen LogP contribution in [0.4, 0.5) is 0 Å². The summed E-state index contributed by atoms with van der Waals surface area (Å²) in [6, 6.07) is -0.850. The number of amides is 3. The normalized spacial score (nSPS) is 23.1. The Morgan fingerprint density at radius 1 is 1.36 bits per heavy atom. The Morgan fingerprint density at radius 3 is 2.64 bits per heavy atom. The van der Waals surface area contributed by atoms with Gasteiger partial charge in [0.1, 0.15) is 12.4 Å². The second kappa shape index (κ2) is 6.12. The van der Waals surface area contributed by atoms with E-state index in [0.717, 1.165) is 11.0 Å². The summed E-state index contributed by atoms with van der Waals surface area (Å²) in [4.78, 5) is 36.9. The van der Waals surface area contributed by atoms with Crippen molar-refractivity contribution >= 4 is 17.7 Å². The molecule has 0 bridgehead atoms. The molecule has 0 aromatic rings. The van der Waals surface area contributed by atoms with Gasteiger partial charge in [0.15, 0.2) is 0 Å². The van der Waals surface area contributed by atoms with Crippen molar-refractivity contribution in [2.45, 2.75) is 19.4 Å². The van der Waals surface area contributed by atoms with Crippen LogP contribution in [0, 0.1) is 0 Å². The smallest absolute Gasteiger partial charge is 0.265 e. The monoisotopic (exact) mass is 308 g/mol.